The van der Waals surface area contributed by atoms with Crippen LogP contribution < -0.4 is 5.32 Å². The van der Waals surface area contributed by atoms with Gasteiger partial charge in [-0.15, -0.1) is 0 Å². The van der Waals surface area contributed by atoms with Crippen molar-refractivity contribution >= 4 is 27.3 Å². The quantitative estimate of drug-likeness (QED) is 0.860. The Morgan fingerprint density at radius 1 is 1.16 bits per heavy atom. The molecule has 2 aromatic carbocycles. The fourth-order valence-electron chi connectivity index (χ4n) is 1.99. The summed E-state index contributed by atoms with van der Waals surface area (Å²) in [5, 5.41) is 12.5. The van der Waals surface area contributed by atoms with E-state index in [1.807, 2.05) is 36.4 Å². The van der Waals surface area contributed by atoms with Crippen LogP contribution in [-0.4, -0.2) is 0 Å². The number of hydrogen-bond donors (Lipinski definition) is 1. The zero-order chi connectivity index (χ0) is 13.7. The maximum atomic E-state index is 9.18. The molecule has 0 aromatic heterocycles. The molecule has 0 unspecified atom stereocenters. The van der Waals surface area contributed by atoms with Gasteiger partial charge in [0.15, 0.2) is 0 Å². The third-order valence-electron chi connectivity index (χ3n) is 2.91. The Labute approximate surface area is 122 Å². The van der Waals surface area contributed by atoms with Crippen LogP contribution in [0.15, 0.2) is 46.9 Å². The minimum absolute atomic E-state index is 0.640. The van der Waals surface area contributed by atoms with Crippen molar-refractivity contribution in [3.8, 4) is 6.07 Å². The molecule has 0 bridgehead atoms. The topological polar surface area (TPSA) is 35.8 Å². The number of anilines is 2. The minimum atomic E-state index is 0.640. The van der Waals surface area contributed by atoms with Crippen LogP contribution in [0.5, 0.6) is 0 Å². The van der Waals surface area contributed by atoms with Gasteiger partial charge in [0.2, 0.25) is 0 Å². The maximum Gasteiger partial charge on any atom is 0.101 e. The molecule has 1 N–H and O–H groups in total. The molecule has 19 heavy (non-hydrogen) atoms. The van der Waals surface area contributed by atoms with Crippen LogP contribution in [-0.2, 0) is 6.42 Å². The van der Waals surface area contributed by atoms with Gasteiger partial charge in [0.25, 0.3) is 0 Å². The highest BCUT2D eigenvalue weighted by Gasteiger charge is 2.06. The largest absolute Gasteiger partial charge is 0.354 e. The molecule has 2 aromatic rings. The zero-order valence-corrected chi connectivity index (χ0v) is 12.4. The number of rotatable bonds is 4. The van der Waals surface area contributed by atoms with Gasteiger partial charge in [0.1, 0.15) is 6.07 Å². The van der Waals surface area contributed by atoms with Gasteiger partial charge in [-0.25, -0.2) is 0 Å². The Morgan fingerprint density at radius 3 is 2.68 bits per heavy atom. The Hall–Kier alpha value is -1.79. The standard InChI is InChI=1S/C16H15BrN2/c1-2-5-12-6-3-4-7-15(12)19-16-9-8-14(17)10-13(16)11-18/h3-4,6-10,19H,2,5H2,1H3. The molecule has 2 nitrogen and oxygen atoms in total. The van der Waals surface area contributed by atoms with Crippen molar-refractivity contribution in [2.45, 2.75) is 19.8 Å². The Kier molecular flexibility index (Phi) is 4.59. The summed E-state index contributed by atoms with van der Waals surface area (Å²) in [5.74, 6) is 0. The van der Waals surface area contributed by atoms with Crippen molar-refractivity contribution in [2.75, 3.05) is 5.32 Å². The lowest BCUT2D eigenvalue weighted by molar-refractivity contribution is 0.923. The highest BCUT2D eigenvalue weighted by Crippen LogP contribution is 2.26. The number of hydrogen-bond acceptors (Lipinski definition) is 2. The van der Waals surface area contributed by atoms with E-state index in [0.717, 1.165) is 28.7 Å². The van der Waals surface area contributed by atoms with Crippen molar-refractivity contribution < 1.29 is 0 Å². The summed E-state index contributed by atoms with van der Waals surface area (Å²) >= 11 is 3.38. The predicted octanol–water partition coefficient (Wildman–Crippen LogP) is 5.02. The van der Waals surface area contributed by atoms with E-state index in [2.05, 4.69) is 40.3 Å². The first-order chi connectivity index (χ1) is 9.24. The summed E-state index contributed by atoms with van der Waals surface area (Å²) in [6.07, 6.45) is 2.13. The van der Waals surface area contributed by atoms with Gasteiger partial charge in [0.05, 0.1) is 11.3 Å². The van der Waals surface area contributed by atoms with E-state index in [1.54, 1.807) is 0 Å². The number of aryl methyl sites for hydroxylation is 1. The fraction of sp³-hybridized carbons (Fsp3) is 0.188. The molecule has 0 fully saturated rings. The van der Waals surface area contributed by atoms with Gasteiger partial charge in [-0.1, -0.05) is 47.5 Å². The van der Waals surface area contributed by atoms with Crippen molar-refractivity contribution in [3.63, 3.8) is 0 Å². The number of benzene rings is 2. The lowest BCUT2D eigenvalue weighted by atomic mass is 10.1. The molecular weight excluding hydrogens is 300 g/mol. The number of nitriles is 1. The molecule has 0 atom stereocenters. The van der Waals surface area contributed by atoms with Crippen molar-refractivity contribution in [1.29, 1.82) is 5.26 Å². The summed E-state index contributed by atoms with van der Waals surface area (Å²) in [6.45, 7) is 2.16. The fourth-order valence-corrected chi connectivity index (χ4v) is 2.35. The molecule has 0 radical (unpaired) electrons. The Morgan fingerprint density at radius 2 is 1.95 bits per heavy atom. The summed E-state index contributed by atoms with van der Waals surface area (Å²) in [6, 6.07) is 16.1. The van der Waals surface area contributed by atoms with E-state index in [4.69, 9.17) is 0 Å². The molecule has 2 rings (SSSR count). The molecule has 0 saturated carbocycles. The van der Waals surface area contributed by atoms with Crippen LogP contribution in [0, 0.1) is 11.3 Å². The van der Waals surface area contributed by atoms with Gasteiger partial charge in [-0.05, 0) is 36.2 Å². The Bertz CT molecular complexity index is 614. The third kappa shape index (κ3) is 3.36. The van der Waals surface area contributed by atoms with E-state index < -0.39 is 0 Å². The van der Waals surface area contributed by atoms with Crippen molar-refractivity contribution in [3.05, 3.63) is 58.1 Å². The lowest BCUT2D eigenvalue weighted by Gasteiger charge is -2.12. The summed E-state index contributed by atoms with van der Waals surface area (Å²) < 4.78 is 0.913. The SMILES string of the molecule is CCCc1ccccc1Nc1ccc(Br)cc1C#N. The average Bonchev–Trinajstić information content (AvgIpc) is 2.43. The molecular formula is C16H15BrN2. The number of nitrogens with zero attached hydrogens (tertiary/aromatic N) is 1. The Balaban J connectivity index is 2.34. The van der Waals surface area contributed by atoms with Crippen molar-refractivity contribution in [1.82, 2.24) is 0 Å². The molecule has 0 aliphatic carbocycles. The maximum absolute atomic E-state index is 9.18. The minimum Gasteiger partial charge on any atom is -0.354 e. The molecule has 0 saturated heterocycles. The van der Waals surface area contributed by atoms with Gasteiger partial charge in [0, 0.05) is 10.2 Å². The smallest absolute Gasteiger partial charge is 0.101 e. The van der Waals surface area contributed by atoms with E-state index >= 15 is 0 Å². The summed E-state index contributed by atoms with van der Waals surface area (Å²) in [7, 11) is 0. The molecule has 96 valence electrons. The van der Waals surface area contributed by atoms with Crippen LogP contribution in [0.3, 0.4) is 0 Å². The van der Waals surface area contributed by atoms with Crippen LogP contribution in [0.2, 0.25) is 0 Å². The monoisotopic (exact) mass is 314 g/mol. The lowest BCUT2D eigenvalue weighted by Crippen LogP contribution is -1.97. The third-order valence-corrected chi connectivity index (χ3v) is 3.40. The highest BCUT2D eigenvalue weighted by atomic mass is 79.9. The van der Waals surface area contributed by atoms with Gasteiger partial charge < -0.3 is 5.32 Å². The van der Waals surface area contributed by atoms with E-state index in [-0.39, 0.29) is 0 Å². The second-order valence-corrected chi connectivity index (χ2v) is 5.25. The predicted molar refractivity (Wildman–Crippen MR) is 82.6 cm³/mol. The van der Waals surface area contributed by atoms with Gasteiger partial charge in [-0.3, -0.25) is 0 Å². The van der Waals surface area contributed by atoms with Crippen molar-refractivity contribution in [2.24, 2.45) is 0 Å². The summed E-state index contributed by atoms with van der Waals surface area (Å²) in [4.78, 5) is 0. The number of para-hydroxylation sites is 1. The van der Waals surface area contributed by atoms with Crippen LogP contribution in [0.25, 0.3) is 0 Å². The second-order valence-electron chi connectivity index (χ2n) is 4.33. The van der Waals surface area contributed by atoms with E-state index in [1.165, 1.54) is 5.56 Å². The van der Waals surface area contributed by atoms with Crippen LogP contribution >= 0.6 is 15.9 Å². The van der Waals surface area contributed by atoms with E-state index in [9.17, 15) is 5.26 Å². The molecule has 0 spiro atoms. The number of nitrogens with one attached hydrogen (secondary N) is 1. The molecule has 0 aliphatic rings. The first-order valence-corrected chi connectivity index (χ1v) is 7.08. The molecule has 0 aliphatic heterocycles. The summed E-state index contributed by atoms with van der Waals surface area (Å²) in [5.41, 5.74) is 3.83. The molecule has 0 heterocycles. The highest BCUT2D eigenvalue weighted by molar-refractivity contribution is 9.10. The molecule has 0 amide bonds. The average molecular weight is 315 g/mol. The normalized spacial score (nSPS) is 9.95. The van der Waals surface area contributed by atoms with Crippen LogP contribution in [0.1, 0.15) is 24.5 Å². The second kappa shape index (κ2) is 6.40. The first kappa shape index (κ1) is 13.6. The molecule has 3 heteroatoms. The van der Waals surface area contributed by atoms with Gasteiger partial charge >= 0.3 is 0 Å². The van der Waals surface area contributed by atoms with Gasteiger partial charge in [-0.2, -0.15) is 5.26 Å². The zero-order valence-electron chi connectivity index (χ0n) is 10.8. The van der Waals surface area contributed by atoms with Crippen LogP contribution in [0.4, 0.5) is 11.4 Å². The first-order valence-electron chi connectivity index (χ1n) is 6.29. The van der Waals surface area contributed by atoms with E-state index in [0.29, 0.717) is 5.56 Å². The number of halogens is 1.